The van der Waals surface area contributed by atoms with Crippen LogP contribution in [0.25, 0.3) is 0 Å². The van der Waals surface area contributed by atoms with Gasteiger partial charge < -0.3 is 19.9 Å². The highest BCUT2D eigenvalue weighted by Gasteiger charge is 2.19. The number of ether oxygens (including phenoxy) is 2. The van der Waals surface area contributed by atoms with Gasteiger partial charge in [-0.15, -0.1) is 0 Å². The lowest BCUT2D eigenvalue weighted by atomic mass is 10.2. The zero-order valence-corrected chi connectivity index (χ0v) is 9.60. The minimum atomic E-state index is -2.97. The summed E-state index contributed by atoms with van der Waals surface area (Å²) in [5.74, 6) is -1.27. The highest BCUT2D eigenvalue weighted by molar-refractivity contribution is 5.78. The number of carboxylic acids is 1. The van der Waals surface area contributed by atoms with Gasteiger partial charge in [0.25, 0.3) is 0 Å². The van der Waals surface area contributed by atoms with E-state index in [0.29, 0.717) is 0 Å². The number of para-hydroxylation sites is 2. The van der Waals surface area contributed by atoms with Gasteiger partial charge in [0.05, 0.1) is 12.3 Å². The Bertz CT molecular complexity index is 400. The summed E-state index contributed by atoms with van der Waals surface area (Å²) in [5, 5.41) is 11.5. The van der Waals surface area contributed by atoms with Gasteiger partial charge in [-0.1, -0.05) is 12.1 Å². The van der Waals surface area contributed by atoms with Gasteiger partial charge in [-0.25, -0.2) is 4.79 Å². The predicted octanol–water partition coefficient (Wildman–Crippen LogP) is 1.80. The maximum Gasteiger partial charge on any atom is 0.387 e. The first-order valence-corrected chi connectivity index (χ1v) is 5.06. The number of halogens is 2. The Morgan fingerprint density at radius 3 is 2.67 bits per heavy atom. The number of anilines is 1. The molecule has 2 N–H and O–H groups in total. The van der Waals surface area contributed by atoms with Gasteiger partial charge in [-0.2, -0.15) is 8.78 Å². The molecule has 0 aliphatic heterocycles. The molecule has 5 nitrogen and oxygen atoms in total. The van der Waals surface area contributed by atoms with E-state index in [1.165, 1.54) is 25.3 Å². The molecule has 1 atom stereocenters. The lowest BCUT2D eigenvalue weighted by Crippen LogP contribution is -2.33. The van der Waals surface area contributed by atoms with Gasteiger partial charge in [-0.05, 0) is 12.1 Å². The monoisotopic (exact) mass is 261 g/mol. The van der Waals surface area contributed by atoms with Crippen molar-refractivity contribution < 1.29 is 28.2 Å². The molecule has 0 aliphatic carbocycles. The maximum absolute atomic E-state index is 12.2. The Morgan fingerprint density at radius 1 is 1.44 bits per heavy atom. The number of methoxy groups -OCH3 is 1. The lowest BCUT2D eigenvalue weighted by molar-refractivity contribution is -0.139. The molecule has 0 aromatic heterocycles. The molecule has 0 radical (unpaired) electrons. The van der Waals surface area contributed by atoms with E-state index in [-0.39, 0.29) is 18.0 Å². The first kappa shape index (κ1) is 14.2. The van der Waals surface area contributed by atoms with Gasteiger partial charge in [0, 0.05) is 7.11 Å². The minimum Gasteiger partial charge on any atom is -0.480 e. The molecule has 18 heavy (non-hydrogen) atoms. The Hall–Kier alpha value is -1.89. The lowest BCUT2D eigenvalue weighted by Gasteiger charge is -2.17. The van der Waals surface area contributed by atoms with Crippen molar-refractivity contribution in [3.63, 3.8) is 0 Å². The fourth-order valence-corrected chi connectivity index (χ4v) is 1.31. The van der Waals surface area contributed by atoms with Crippen LogP contribution in [0.4, 0.5) is 14.5 Å². The van der Waals surface area contributed by atoms with Crippen LogP contribution in [-0.2, 0) is 9.53 Å². The van der Waals surface area contributed by atoms with Crippen LogP contribution in [0.15, 0.2) is 24.3 Å². The van der Waals surface area contributed by atoms with Crippen LogP contribution in [0.3, 0.4) is 0 Å². The van der Waals surface area contributed by atoms with Crippen molar-refractivity contribution in [3.8, 4) is 5.75 Å². The van der Waals surface area contributed by atoms with E-state index >= 15 is 0 Å². The first-order valence-electron chi connectivity index (χ1n) is 5.06. The number of hydrogen-bond acceptors (Lipinski definition) is 4. The molecule has 0 amide bonds. The highest BCUT2D eigenvalue weighted by Crippen LogP contribution is 2.26. The van der Waals surface area contributed by atoms with Crippen molar-refractivity contribution in [1.29, 1.82) is 0 Å². The molecular weight excluding hydrogens is 248 g/mol. The maximum atomic E-state index is 12.2. The molecule has 0 saturated heterocycles. The SMILES string of the molecule is COCC(Nc1ccccc1OC(F)F)C(=O)O. The largest absolute Gasteiger partial charge is 0.480 e. The van der Waals surface area contributed by atoms with Gasteiger partial charge in [0.1, 0.15) is 11.8 Å². The average molecular weight is 261 g/mol. The van der Waals surface area contributed by atoms with Crippen LogP contribution >= 0.6 is 0 Å². The number of benzene rings is 1. The van der Waals surface area contributed by atoms with E-state index < -0.39 is 18.6 Å². The van der Waals surface area contributed by atoms with E-state index in [1.807, 2.05) is 0 Å². The summed E-state index contributed by atoms with van der Waals surface area (Å²) in [6.07, 6.45) is 0. The van der Waals surface area contributed by atoms with Gasteiger partial charge in [0.15, 0.2) is 0 Å². The van der Waals surface area contributed by atoms with E-state index in [4.69, 9.17) is 9.84 Å². The molecule has 1 aromatic rings. The molecular formula is C11H13F2NO4. The third-order valence-electron chi connectivity index (χ3n) is 2.06. The van der Waals surface area contributed by atoms with Crippen LogP contribution in [0.2, 0.25) is 0 Å². The molecule has 1 unspecified atom stereocenters. The van der Waals surface area contributed by atoms with Crippen molar-refractivity contribution in [3.05, 3.63) is 24.3 Å². The van der Waals surface area contributed by atoms with Crippen molar-refractivity contribution in [2.24, 2.45) is 0 Å². The smallest absolute Gasteiger partial charge is 0.387 e. The van der Waals surface area contributed by atoms with E-state index in [2.05, 4.69) is 10.1 Å². The fraction of sp³-hybridized carbons (Fsp3) is 0.364. The van der Waals surface area contributed by atoms with E-state index in [9.17, 15) is 13.6 Å². The summed E-state index contributed by atoms with van der Waals surface area (Å²) in [6.45, 7) is -3.07. The zero-order chi connectivity index (χ0) is 13.5. The van der Waals surface area contributed by atoms with Crippen LogP contribution in [0.1, 0.15) is 0 Å². The molecule has 7 heteroatoms. The van der Waals surface area contributed by atoms with Crippen LogP contribution in [0.5, 0.6) is 5.75 Å². The molecule has 0 heterocycles. The Labute approximate surface area is 102 Å². The normalized spacial score (nSPS) is 12.2. The summed E-state index contributed by atoms with van der Waals surface area (Å²) >= 11 is 0. The molecule has 0 spiro atoms. The number of rotatable bonds is 7. The second kappa shape index (κ2) is 6.75. The summed E-state index contributed by atoms with van der Waals surface area (Å²) in [7, 11) is 1.35. The first-order chi connectivity index (χ1) is 8.54. The molecule has 0 saturated carbocycles. The fourth-order valence-electron chi connectivity index (χ4n) is 1.31. The number of carbonyl (C=O) groups is 1. The van der Waals surface area contributed by atoms with Crippen molar-refractivity contribution in [2.45, 2.75) is 12.7 Å². The van der Waals surface area contributed by atoms with Gasteiger partial charge in [0.2, 0.25) is 0 Å². The summed E-state index contributed by atoms with van der Waals surface area (Å²) in [6, 6.07) is 4.81. The van der Waals surface area contributed by atoms with Crippen LogP contribution < -0.4 is 10.1 Å². The van der Waals surface area contributed by atoms with Crippen LogP contribution in [-0.4, -0.2) is 37.4 Å². The molecule has 0 aliphatic rings. The van der Waals surface area contributed by atoms with Crippen LogP contribution in [0, 0.1) is 0 Å². The third kappa shape index (κ3) is 4.17. The van der Waals surface area contributed by atoms with Gasteiger partial charge >= 0.3 is 12.6 Å². The van der Waals surface area contributed by atoms with E-state index in [0.717, 1.165) is 0 Å². The molecule has 1 rings (SSSR count). The molecule has 0 bridgehead atoms. The average Bonchev–Trinajstić information content (AvgIpc) is 2.30. The number of nitrogens with one attached hydrogen (secondary N) is 1. The summed E-state index contributed by atoms with van der Waals surface area (Å²) < 4.78 is 33.3. The zero-order valence-electron chi connectivity index (χ0n) is 9.60. The Morgan fingerprint density at radius 2 is 2.11 bits per heavy atom. The predicted molar refractivity (Wildman–Crippen MR) is 60.0 cm³/mol. The van der Waals surface area contributed by atoms with E-state index in [1.54, 1.807) is 6.07 Å². The van der Waals surface area contributed by atoms with Gasteiger partial charge in [-0.3, -0.25) is 0 Å². The van der Waals surface area contributed by atoms with Crippen molar-refractivity contribution in [2.75, 3.05) is 19.0 Å². The molecule has 1 aromatic carbocycles. The number of hydrogen-bond donors (Lipinski definition) is 2. The number of alkyl halides is 2. The highest BCUT2D eigenvalue weighted by atomic mass is 19.3. The summed E-state index contributed by atoms with van der Waals surface area (Å²) in [5.41, 5.74) is 0.169. The minimum absolute atomic E-state index is 0.0989. The number of aliphatic carboxylic acids is 1. The quantitative estimate of drug-likeness (QED) is 0.783. The van der Waals surface area contributed by atoms with Crippen molar-refractivity contribution >= 4 is 11.7 Å². The Balaban J connectivity index is 2.84. The second-order valence-electron chi connectivity index (χ2n) is 3.37. The standard InChI is InChI=1S/C11H13F2NO4/c1-17-6-8(10(15)16)14-7-4-2-3-5-9(7)18-11(12)13/h2-5,8,11,14H,6H2,1H3,(H,15,16). The third-order valence-corrected chi connectivity index (χ3v) is 2.06. The molecule has 100 valence electrons. The Kier molecular flexibility index (Phi) is 5.31. The number of carboxylic acid groups (broad SMARTS) is 1. The van der Waals surface area contributed by atoms with Crippen molar-refractivity contribution in [1.82, 2.24) is 0 Å². The topological polar surface area (TPSA) is 67.8 Å². The molecule has 0 fully saturated rings. The second-order valence-corrected chi connectivity index (χ2v) is 3.37. The summed E-state index contributed by atoms with van der Waals surface area (Å²) in [4.78, 5) is 10.9.